The first kappa shape index (κ1) is 16.1. The van der Waals surface area contributed by atoms with E-state index in [0.29, 0.717) is 0 Å². The van der Waals surface area contributed by atoms with E-state index < -0.39 is 0 Å². The minimum absolute atomic E-state index is 0.863. The van der Waals surface area contributed by atoms with Crippen LogP contribution in [0.25, 0.3) is 33.4 Å². The maximum Gasteiger partial charge on any atom is 0.0900 e. The van der Waals surface area contributed by atoms with Crippen molar-refractivity contribution >= 4 is 22.4 Å². The first-order valence-corrected chi connectivity index (χ1v) is 8.62. The highest BCUT2D eigenvalue weighted by Gasteiger charge is 2.16. The van der Waals surface area contributed by atoms with E-state index in [-0.39, 0.29) is 0 Å². The van der Waals surface area contributed by atoms with Gasteiger partial charge in [-0.05, 0) is 29.8 Å². The third-order valence-electron chi connectivity index (χ3n) is 4.51. The fraction of sp³-hybridized carbons (Fsp3) is 0.0909. The molecule has 1 aromatic heterocycles. The predicted octanol–water partition coefficient (Wildman–Crippen LogP) is 5.05. The number of fused-ring (bicyclic) bond motifs is 1. The molecule has 0 aliphatic rings. The number of anilines is 2. The van der Waals surface area contributed by atoms with Crippen LogP contribution in [-0.4, -0.2) is 24.1 Å². The van der Waals surface area contributed by atoms with Crippen molar-refractivity contribution in [2.75, 3.05) is 24.7 Å². The molecule has 4 heteroatoms. The molecule has 4 aromatic rings. The Morgan fingerprint density at radius 1 is 0.731 bits per heavy atom. The van der Waals surface area contributed by atoms with Crippen LogP contribution in [0.3, 0.4) is 0 Å². The molecule has 0 unspecified atom stereocenters. The van der Waals surface area contributed by atoms with Crippen molar-refractivity contribution in [2.24, 2.45) is 0 Å². The van der Waals surface area contributed by atoms with Crippen LogP contribution in [0.2, 0.25) is 0 Å². The second kappa shape index (κ2) is 6.84. The molecule has 26 heavy (non-hydrogen) atoms. The fourth-order valence-electron chi connectivity index (χ4n) is 3.28. The van der Waals surface area contributed by atoms with Gasteiger partial charge in [-0.15, -0.1) is 0 Å². The summed E-state index contributed by atoms with van der Waals surface area (Å²) in [4.78, 5) is 9.44. The number of para-hydroxylation sites is 2. The third kappa shape index (κ3) is 2.75. The molecule has 0 saturated carbocycles. The molecular weight excluding hydrogens is 320 g/mol. The van der Waals surface area contributed by atoms with E-state index in [1.807, 2.05) is 50.6 Å². The van der Waals surface area contributed by atoms with E-state index in [1.165, 1.54) is 0 Å². The van der Waals surface area contributed by atoms with Gasteiger partial charge in [0.1, 0.15) is 0 Å². The highest BCUT2D eigenvalue weighted by atomic mass is 14.9. The molecule has 128 valence electrons. The number of benzene rings is 3. The molecule has 4 nitrogen and oxygen atoms in total. The summed E-state index contributed by atoms with van der Waals surface area (Å²) in [5.74, 6) is 0. The summed E-state index contributed by atoms with van der Waals surface area (Å²) < 4.78 is 0. The number of rotatable bonds is 4. The van der Waals surface area contributed by atoms with Crippen molar-refractivity contribution in [1.29, 1.82) is 0 Å². The Kier molecular flexibility index (Phi) is 4.23. The second-order valence-electron chi connectivity index (χ2n) is 6.02. The SMILES string of the molecule is CNc1ccc(-c2cnc3ccccc3n2)c(-c2ccccc2)c1NC. The zero-order valence-electron chi connectivity index (χ0n) is 14.8. The predicted molar refractivity (Wildman–Crippen MR) is 110 cm³/mol. The van der Waals surface area contributed by atoms with Gasteiger partial charge in [0.15, 0.2) is 0 Å². The van der Waals surface area contributed by atoms with Crippen LogP contribution in [0.5, 0.6) is 0 Å². The van der Waals surface area contributed by atoms with Crippen LogP contribution in [-0.2, 0) is 0 Å². The highest BCUT2D eigenvalue weighted by Crippen LogP contribution is 2.41. The first-order chi connectivity index (χ1) is 12.8. The van der Waals surface area contributed by atoms with Gasteiger partial charge >= 0.3 is 0 Å². The number of hydrogen-bond donors (Lipinski definition) is 2. The van der Waals surface area contributed by atoms with Gasteiger partial charge in [0.05, 0.1) is 34.3 Å². The van der Waals surface area contributed by atoms with Crippen molar-refractivity contribution in [2.45, 2.75) is 0 Å². The first-order valence-electron chi connectivity index (χ1n) is 8.62. The summed E-state index contributed by atoms with van der Waals surface area (Å²) in [7, 11) is 3.87. The van der Waals surface area contributed by atoms with Gasteiger partial charge in [-0.3, -0.25) is 4.98 Å². The van der Waals surface area contributed by atoms with E-state index in [9.17, 15) is 0 Å². The number of aromatic nitrogens is 2. The molecule has 0 spiro atoms. The Balaban J connectivity index is 2.00. The van der Waals surface area contributed by atoms with Crippen LogP contribution in [0.1, 0.15) is 0 Å². The second-order valence-corrected chi connectivity index (χ2v) is 6.02. The Bertz CT molecular complexity index is 1060. The van der Waals surface area contributed by atoms with E-state index in [2.05, 4.69) is 52.0 Å². The zero-order valence-corrected chi connectivity index (χ0v) is 14.8. The van der Waals surface area contributed by atoms with Crippen LogP contribution >= 0.6 is 0 Å². The molecule has 0 aliphatic carbocycles. The number of hydrogen-bond acceptors (Lipinski definition) is 4. The summed E-state index contributed by atoms with van der Waals surface area (Å²) in [6.07, 6.45) is 1.85. The lowest BCUT2D eigenvalue weighted by atomic mass is 9.94. The third-order valence-corrected chi connectivity index (χ3v) is 4.51. The van der Waals surface area contributed by atoms with Crippen LogP contribution in [0.15, 0.2) is 72.9 Å². The zero-order chi connectivity index (χ0) is 17.9. The molecule has 2 N–H and O–H groups in total. The highest BCUT2D eigenvalue weighted by molar-refractivity contribution is 5.97. The molecule has 0 aliphatic heterocycles. The Hall–Kier alpha value is -3.40. The normalized spacial score (nSPS) is 10.7. The van der Waals surface area contributed by atoms with Crippen LogP contribution in [0.4, 0.5) is 11.4 Å². The van der Waals surface area contributed by atoms with Crippen molar-refractivity contribution in [3.05, 3.63) is 72.9 Å². The van der Waals surface area contributed by atoms with Gasteiger partial charge in [0.25, 0.3) is 0 Å². The van der Waals surface area contributed by atoms with Crippen molar-refractivity contribution in [3.63, 3.8) is 0 Å². The lowest BCUT2D eigenvalue weighted by Crippen LogP contribution is -2.01. The molecule has 0 fully saturated rings. The van der Waals surface area contributed by atoms with Crippen LogP contribution in [0, 0.1) is 0 Å². The summed E-state index contributed by atoms with van der Waals surface area (Å²) in [6, 6.07) is 22.5. The smallest absolute Gasteiger partial charge is 0.0900 e. The van der Waals surface area contributed by atoms with E-state index in [0.717, 1.165) is 44.8 Å². The van der Waals surface area contributed by atoms with Gasteiger partial charge in [-0.2, -0.15) is 0 Å². The van der Waals surface area contributed by atoms with Crippen molar-refractivity contribution in [3.8, 4) is 22.4 Å². The van der Waals surface area contributed by atoms with E-state index in [1.54, 1.807) is 0 Å². The maximum atomic E-state index is 4.85. The molecule has 0 atom stereocenters. The van der Waals surface area contributed by atoms with E-state index in [4.69, 9.17) is 4.98 Å². The lowest BCUT2D eigenvalue weighted by Gasteiger charge is -2.18. The molecule has 4 rings (SSSR count). The molecule has 3 aromatic carbocycles. The fourth-order valence-corrected chi connectivity index (χ4v) is 3.28. The standard InChI is InChI=1S/C22H20N4/c1-23-19-13-12-16(20-14-25-17-10-6-7-11-18(17)26-20)21(22(19)24-2)15-8-4-3-5-9-15/h3-14,23-24H,1-2H3. The Morgan fingerprint density at radius 3 is 2.19 bits per heavy atom. The van der Waals surface area contributed by atoms with Gasteiger partial charge in [0, 0.05) is 25.2 Å². The summed E-state index contributed by atoms with van der Waals surface area (Å²) in [6.45, 7) is 0. The molecular formula is C22H20N4. The molecule has 0 amide bonds. The minimum atomic E-state index is 0.863. The average molecular weight is 340 g/mol. The monoisotopic (exact) mass is 340 g/mol. The lowest BCUT2D eigenvalue weighted by molar-refractivity contribution is 1.29. The molecule has 0 bridgehead atoms. The number of nitrogens with zero attached hydrogens (tertiary/aromatic N) is 2. The van der Waals surface area contributed by atoms with Gasteiger partial charge in [0.2, 0.25) is 0 Å². The van der Waals surface area contributed by atoms with Gasteiger partial charge in [-0.25, -0.2) is 4.98 Å². The summed E-state index contributed by atoms with van der Waals surface area (Å²) in [5, 5.41) is 6.62. The summed E-state index contributed by atoms with van der Waals surface area (Å²) in [5.41, 5.74) is 8.06. The van der Waals surface area contributed by atoms with Crippen molar-refractivity contribution in [1.82, 2.24) is 9.97 Å². The number of nitrogens with one attached hydrogen (secondary N) is 2. The largest absolute Gasteiger partial charge is 0.386 e. The Labute approximate surface area is 152 Å². The van der Waals surface area contributed by atoms with Gasteiger partial charge in [-0.1, -0.05) is 42.5 Å². The summed E-state index contributed by atoms with van der Waals surface area (Å²) >= 11 is 0. The van der Waals surface area contributed by atoms with Crippen LogP contribution < -0.4 is 10.6 Å². The van der Waals surface area contributed by atoms with Gasteiger partial charge < -0.3 is 10.6 Å². The molecule has 1 heterocycles. The van der Waals surface area contributed by atoms with Crippen molar-refractivity contribution < 1.29 is 0 Å². The van der Waals surface area contributed by atoms with E-state index >= 15 is 0 Å². The molecule has 0 saturated heterocycles. The average Bonchev–Trinajstić information content (AvgIpc) is 2.72. The Morgan fingerprint density at radius 2 is 1.46 bits per heavy atom. The molecule has 0 radical (unpaired) electrons. The maximum absolute atomic E-state index is 4.85. The minimum Gasteiger partial charge on any atom is -0.386 e. The topological polar surface area (TPSA) is 49.8 Å². The quantitative estimate of drug-likeness (QED) is 0.546.